The predicted octanol–water partition coefficient (Wildman–Crippen LogP) is 1.22. The van der Waals surface area contributed by atoms with Crippen LogP contribution in [0.4, 0.5) is 11.6 Å². The molecule has 128 valence electrons. The van der Waals surface area contributed by atoms with Gasteiger partial charge in [-0.2, -0.15) is 0 Å². The van der Waals surface area contributed by atoms with E-state index in [4.69, 9.17) is 0 Å². The van der Waals surface area contributed by atoms with Gasteiger partial charge in [0.15, 0.2) is 0 Å². The fourth-order valence-electron chi connectivity index (χ4n) is 3.76. The molecule has 1 N–H and O–H groups in total. The van der Waals surface area contributed by atoms with Crippen molar-refractivity contribution in [1.82, 2.24) is 14.9 Å². The summed E-state index contributed by atoms with van der Waals surface area (Å²) < 4.78 is 0. The molecule has 2 saturated heterocycles. The molecule has 2 aliphatic rings. The molecule has 6 heteroatoms. The Morgan fingerprint density at radius 2 is 2.00 bits per heavy atom. The third kappa shape index (κ3) is 3.93. The van der Waals surface area contributed by atoms with Crippen LogP contribution in [0, 0.1) is 5.92 Å². The van der Waals surface area contributed by atoms with Crippen LogP contribution in [-0.4, -0.2) is 72.9 Å². The molecule has 23 heavy (non-hydrogen) atoms. The molecule has 0 radical (unpaired) electrons. The van der Waals surface area contributed by atoms with Crippen LogP contribution in [0.1, 0.15) is 25.7 Å². The lowest BCUT2D eigenvalue weighted by Crippen LogP contribution is -2.36. The Morgan fingerprint density at radius 1 is 1.22 bits per heavy atom. The summed E-state index contributed by atoms with van der Waals surface area (Å²) in [6.45, 7) is 4.61. The Hall–Kier alpha value is -1.40. The number of nitrogens with zero attached hydrogens (tertiary/aromatic N) is 5. The van der Waals surface area contributed by atoms with Gasteiger partial charge in [-0.05, 0) is 51.7 Å². The zero-order chi connectivity index (χ0) is 16.2. The van der Waals surface area contributed by atoms with E-state index in [1.165, 1.54) is 25.9 Å². The van der Waals surface area contributed by atoms with Crippen molar-refractivity contribution in [3.63, 3.8) is 0 Å². The van der Waals surface area contributed by atoms with Crippen molar-refractivity contribution in [2.75, 3.05) is 56.7 Å². The Labute approximate surface area is 139 Å². The second kappa shape index (κ2) is 7.45. The molecule has 0 aromatic carbocycles. The fraction of sp³-hybridized carbons (Fsp3) is 0.765. The number of hydrogen-bond donors (Lipinski definition) is 1. The summed E-state index contributed by atoms with van der Waals surface area (Å²) >= 11 is 0. The van der Waals surface area contributed by atoms with E-state index in [0.717, 1.165) is 43.5 Å². The van der Waals surface area contributed by atoms with Crippen molar-refractivity contribution in [3.05, 3.63) is 12.4 Å². The number of likely N-dealkylation sites (tertiary alicyclic amines) is 1. The first-order chi connectivity index (χ1) is 11.2. The van der Waals surface area contributed by atoms with E-state index in [2.05, 4.69) is 44.8 Å². The van der Waals surface area contributed by atoms with E-state index in [0.29, 0.717) is 0 Å². The smallest absolute Gasteiger partial charge is 0.134 e. The number of aromatic nitrogens is 2. The summed E-state index contributed by atoms with van der Waals surface area (Å²) in [7, 11) is 4.32. The Kier molecular flexibility index (Phi) is 5.33. The summed E-state index contributed by atoms with van der Waals surface area (Å²) in [4.78, 5) is 15.8. The number of anilines is 2. The largest absolute Gasteiger partial charge is 0.394 e. The zero-order valence-corrected chi connectivity index (χ0v) is 14.4. The van der Waals surface area contributed by atoms with Crippen molar-refractivity contribution in [3.8, 4) is 0 Å². The van der Waals surface area contributed by atoms with Crippen molar-refractivity contribution in [2.45, 2.75) is 31.7 Å². The molecule has 1 atom stereocenters. The minimum atomic E-state index is 0.199. The molecule has 3 heterocycles. The number of rotatable bonds is 5. The first kappa shape index (κ1) is 16.5. The van der Waals surface area contributed by atoms with Gasteiger partial charge < -0.3 is 19.8 Å². The number of aliphatic hydroxyl groups excluding tert-OH is 1. The van der Waals surface area contributed by atoms with Crippen molar-refractivity contribution < 1.29 is 5.11 Å². The fourth-order valence-corrected chi connectivity index (χ4v) is 3.76. The van der Waals surface area contributed by atoms with Crippen LogP contribution in [0.5, 0.6) is 0 Å². The van der Waals surface area contributed by atoms with E-state index < -0.39 is 0 Å². The van der Waals surface area contributed by atoms with Crippen LogP contribution in [-0.2, 0) is 0 Å². The van der Waals surface area contributed by atoms with Crippen molar-refractivity contribution in [1.29, 1.82) is 0 Å². The van der Waals surface area contributed by atoms with Gasteiger partial charge in [0, 0.05) is 26.2 Å². The van der Waals surface area contributed by atoms with Gasteiger partial charge in [0.25, 0.3) is 0 Å². The molecule has 3 rings (SSSR count). The molecule has 2 aliphatic heterocycles. The SMILES string of the molecule is CN1CCC(CN(C)c2cc(N3CCCC3CO)ncn2)CC1. The first-order valence-corrected chi connectivity index (χ1v) is 8.76. The number of aliphatic hydroxyl groups is 1. The average molecular weight is 319 g/mol. The summed E-state index contributed by atoms with van der Waals surface area (Å²) in [5, 5.41) is 9.51. The standard InChI is InChI=1S/C17H29N5O/c1-20-8-5-14(6-9-20)11-21(2)16-10-17(19-13-18-16)22-7-3-4-15(22)12-23/h10,13-15,23H,3-9,11-12H2,1-2H3. The Bertz CT molecular complexity index is 504. The van der Waals surface area contributed by atoms with Crippen molar-refractivity contribution >= 4 is 11.6 Å². The maximum atomic E-state index is 9.51. The lowest BCUT2D eigenvalue weighted by molar-refractivity contribution is 0.222. The molecule has 0 aliphatic carbocycles. The van der Waals surface area contributed by atoms with Gasteiger partial charge in [0.05, 0.1) is 12.6 Å². The normalized spacial score (nSPS) is 23.4. The molecule has 0 bridgehead atoms. The van der Waals surface area contributed by atoms with Crippen LogP contribution >= 0.6 is 0 Å². The third-order valence-electron chi connectivity index (χ3n) is 5.28. The van der Waals surface area contributed by atoms with E-state index in [1.54, 1.807) is 6.33 Å². The molecule has 0 spiro atoms. The first-order valence-electron chi connectivity index (χ1n) is 8.76. The molecule has 1 unspecified atom stereocenters. The van der Waals surface area contributed by atoms with Gasteiger partial charge in [-0.15, -0.1) is 0 Å². The molecule has 0 amide bonds. The highest BCUT2D eigenvalue weighted by molar-refractivity contribution is 5.51. The molecule has 1 aromatic rings. The van der Waals surface area contributed by atoms with Gasteiger partial charge >= 0.3 is 0 Å². The molecule has 6 nitrogen and oxygen atoms in total. The summed E-state index contributed by atoms with van der Waals surface area (Å²) in [5.74, 6) is 2.67. The molecular weight excluding hydrogens is 290 g/mol. The Balaban J connectivity index is 1.64. The quantitative estimate of drug-likeness (QED) is 0.880. The highest BCUT2D eigenvalue weighted by Crippen LogP contribution is 2.26. The topological polar surface area (TPSA) is 55.7 Å². The van der Waals surface area contributed by atoms with Gasteiger partial charge in [0.1, 0.15) is 18.0 Å². The zero-order valence-electron chi connectivity index (χ0n) is 14.4. The third-order valence-corrected chi connectivity index (χ3v) is 5.28. The summed E-state index contributed by atoms with van der Waals surface area (Å²) in [5.41, 5.74) is 0. The summed E-state index contributed by atoms with van der Waals surface area (Å²) in [6.07, 6.45) is 6.34. The Morgan fingerprint density at radius 3 is 2.74 bits per heavy atom. The van der Waals surface area contributed by atoms with Gasteiger partial charge in [-0.3, -0.25) is 0 Å². The van der Waals surface area contributed by atoms with Crippen molar-refractivity contribution in [2.24, 2.45) is 5.92 Å². The second-order valence-corrected chi connectivity index (χ2v) is 7.03. The van der Waals surface area contributed by atoms with Crippen LogP contribution in [0.15, 0.2) is 12.4 Å². The minimum absolute atomic E-state index is 0.199. The lowest BCUT2D eigenvalue weighted by Gasteiger charge is -2.32. The minimum Gasteiger partial charge on any atom is -0.394 e. The lowest BCUT2D eigenvalue weighted by atomic mass is 9.97. The van der Waals surface area contributed by atoms with E-state index in [9.17, 15) is 5.11 Å². The van der Waals surface area contributed by atoms with E-state index in [-0.39, 0.29) is 12.6 Å². The monoisotopic (exact) mass is 319 g/mol. The van der Waals surface area contributed by atoms with Gasteiger partial charge in [-0.1, -0.05) is 0 Å². The van der Waals surface area contributed by atoms with Gasteiger partial charge in [0.2, 0.25) is 0 Å². The molecule has 2 fully saturated rings. The van der Waals surface area contributed by atoms with Crippen LogP contribution < -0.4 is 9.80 Å². The molecule has 1 aromatic heterocycles. The number of piperidine rings is 1. The highest BCUT2D eigenvalue weighted by atomic mass is 16.3. The maximum Gasteiger partial charge on any atom is 0.134 e. The maximum absolute atomic E-state index is 9.51. The van der Waals surface area contributed by atoms with Crippen LogP contribution in [0.25, 0.3) is 0 Å². The molecule has 0 saturated carbocycles. The van der Waals surface area contributed by atoms with Crippen LogP contribution in [0.2, 0.25) is 0 Å². The predicted molar refractivity (Wildman–Crippen MR) is 93.0 cm³/mol. The van der Waals surface area contributed by atoms with Crippen LogP contribution in [0.3, 0.4) is 0 Å². The molecular formula is C17H29N5O. The highest BCUT2D eigenvalue weighted by Gasteiger charge is 2.25. The number of hydrogen-bond acceptors (Lipinski definition) is 6. The average Bonchev–Trinajstić information content (AvgIpc) is 3.06. The second-order valence-electron chi connectivity index (χ2n) is 7.03. The van der Waals surface area contributed by atoms with E-state index in [1.807, 2.05) is 0 Å². The van der Waals surface area contributed by atoms with E-state index >= 15 is 0 Å². The van der Waals surface area contributed by atoms with Gasteiger partial charge in [-0.25, -0.2) is 9.97 Å². The summed E-state index contributed by atoms with van der Waals surface area (Å²) in [6, 6.07) is 2.28.